The molecule has 1 saturated heterocycles. The molecule has 1 aliphatic rings. The van der Waals surface area contributed by atoms with Crippen molar-refractivity contribution in [1.82, 2.24) is 4.90 Å². The van der Waals surface area contributed by atoms with Crippen molar-refractivity contribution >= 4 is 50.5 Å². The van der Waals surface area contributed by atoms with Crippen LogP contribution < -0.4 is 9.47 Å². The Hall–Kier alpha value is -3.53. The van der Waals surface area contributed by atoms with Crippen molar-refractivity contribution in [2.75, 3.05) is 13.7 Å². The molecule has 0 unspecified atom stereocenters. The lowest BCUT2D eigenvalue weighted by molar-refractivity contribution is -0.121. The lowest BCUT2D eigenvalue weighted by atomic mass is 10.1. The van der Waals surface area contributed by atoms with Gasteiger partial charge in [-0.05, 0) is 60.7 Å². The number of sulfonamides is 1. The zero-order valence-electron chi connectivity index (χ0n) is 20.8. The van der Waals surface area contributed by atoms with E-state index in [-0.39, 0.29) is 29.1 Å². The highest BCUT2D eigenvalue weighted by Crippen LogP contribution is 2.36. The van der Waals surface area contributed by atoms with Crippen LogP contribution in [0.1, 0.15) is 16.7 Å². The molecule has 0 aromatic heterocycles. The molecule has 3 aromatic rings. The van der Waals surface area contributed by atoms with Gasteiger partial charge in [-0.25, -0.2) is 0 Å². The molecule has 0 atom stereocenters. The summed E-state index contributed by atoms with van der Waals surface area (Å²) in [6.45, 7) is 5.88. The third-order valence-electron chi connectivity index (χ3n) is 5.54. The fourth-order valence-corrected chi connectivity index (χ4v) is 5.93. The summed E-state index contributed by atoms with van der Waals surface area (Å²) in [6.07, 6.45) is 3.18. The Morgan fingerprint density at radius 3 is 2.50 bits per heavy atom. The summed E-state index contributed by atoms with van der Waals surface area (Å²) in [5.74, 6) is 0.613. The van der Waals surface area contributed by atoms with Crippen molar-refractivity contribution < 1.29 is 22.7 Å². The van der Waals surface area contributed by atoms with Crippen LogP contribution in [0.15, 0.2) is 93.6 Å². The third-order valence-corrected chi connectivity index (χ3v) is 8.32. The molecule has 7 nitrogen and oxygen atoms in total. The van der Waals surface area contributed by atoms with Gasteiger partial charge in [0.2, 0.25) is 0 Å². The lowest BCUT2D eigenvalue weighted by Gasteiger charge is -2.13. The summed E-state index contributed by atoms with van der Waals surface area (Å²) in [5, 5.41) is 0.651. The van der Waals surface area contributed by atoms with Crippen LogP contribution in [0.4, 0.5) is 0 Å². The van der Waals surface area contributed by atoms with E-state index in [9.17, 15) is 13.2 Å². The molecular weight excluding hydrogens is 544 g/mol. The van der Waals surface area contributed by atoms with Crippen LogP contribution in [-0.2, 0) is 21.4 Å². The first kappa shape index (κ1) is 27.5. The highest BCUT2D eigenvalue weighted by Gasteiger charge is 2.34. The zero-order valence-corrected chi connectivity index (χ0v) is 23.1. The number of methoxy groups -OCH3 is 1. The third kappa shape index (κ3) is 6.30. The van der Waals surface area contributed by atoms with Gasteiger partial charge in [0.25, 0.3) is 15.9 Å². The zero-order chi connectivity index (χ0) is 27.3. The van der Waals surface area contributed by atoms with E-state index in [2.05, 4.69) is 11.0 Å². The molecule has 0 N–H and O–H groups in total. The van der Waals surface area contributed by atoms with E-state index in [0.717, 1.165) is 22.9 Å². The highest BCUT2D eigenvalue weighted by molar-refractivity contribution is 8.19. The van der Waals surface area contributed by atoms with Crippen LogP contribution in [0, 0.1) is 6.92 Å². The average molecular weight is 569 g/mol. The van der Waals surface area contributed by atoms with Crippen LogP contribution in [-0.4, -0.2) is 38.0 Å². The molecule has 0 bridgehead atoms. The number of aryl methyl sites for hydroxylation is 1. The predicted octanol–water partition coefficient (Wildman–Crippen LogP) is 6.08. The molecule has 0 spiro atoms. The Morgan fingerprint density at radius 1 is 1.08 bits per heavy atom. The molecule has 4 rings (SSSR count). The van der Waals surface area contributed by atoms with E-state index in [1.807, 2.05) is 25.1 Å². The number of amidine groups is 1. The average Bonchev–Trinajstić information content (AvgIpc) is 3.17. The maximum absolute atomic E-state index is 13.2. The van der Waals surface area contributed by atoms with Crippen LogP contribution in [0.3, 0.4) is 0 Å². The Bertz CT molecular complexity index is 1530. The molecule has 1 heterocycles. The molecule has 196 valence electrons. The molecule has 0 radical (unpaired) electrons. The van der Waals surface area contributed by atoms with Gasteiger partial charge in [0.05, 0.1) is 16.9 Å². The number of nitrogens with zero attached hydrogens (tertiary/aromatic N) is 2. The van der Waals surface area contributed by atoms with E-state index in [1.54, 1.807) is 42.5 Å². The summed E-state index contributed by atoms with van der Waals surface area (Å²) in [5.41, 5.74) is 2.41. The van der Waals surface area contributed by atoms with Crippen molar-refractivity contribution in [3.63, 3.8) is 0 Å². The smallest absolute Gasteiger partial charge is 0.284 e. The standard InChI is InChI=1S/C28H25ClN2O5S2/c1-4-15-31-27(32)26(37-28(31)30-38(33,34)22-12-9-19(2)10-13-22)17-20-11-14-24(35-3)25(16-20)36-18-21-7-5-6-8-23(21)29/h4-14,16-17H,1,15,18H2,2-3H3. The second-order valence-corrected chi connectivity index (χ2v) is 11.3. The molecule has 38 heavy (non-hydrogen) atoms. The molecule has 0 aliphatic carbocycles. The quantitative estimate of drug-likeness (QED) is 0.230. The number of carbonyl (C=O) groups is 1. The Balaban J connectivity index is 1.63. The largest absolute Gasteiger partial charge is 0.493 e. The second-order valence-electron chi connectivity index (χ2n) is 8.27. The van der Waals surface area contributed by atoms with Gasteiger partial charge in [0.1, 0.15) is 6.61 Å². The van der Waals surface area contributed by atoms with Crippen molar-refractivity contribution in [3.05, 3.63) is 106 Å². The first-order valence-electron chi connectivity index (χ1n) is 11.5. The number of amides is 1. The number of carbonyl (C=O) groups excluding carboxylic acids is 1. The van der Waals surface area contributed by atoms with Crippen molar-refractivity contribution in [1.29, 1.82) is 0 Å². The van der Waals surface area contributed by atoms with Gasteiger partial charge in [-0.1, -0.05) is 59.6 Å². The predicted molar refractivity (Wildman–Crippen MR) is 152 cm³/mol. The second kappa shape index (κ2) is 11.9. The lowest BCUT2D eigenvalue weighted by Crippen LogP contribution is -2.29. The minimum atomic E-state index is -4.02. The number of hydrogen-bond acceptors (Lipinski definition) is 6. The van der Waals surface area contributed by atoms with Crippen molar-refractivity contribution in [3.8, 4) is 11.5 Å². The topological polar surface area (TPSA) is 85.3 Å². The van der Waals surface area contributed by atoms with Gasteiger partial charge in [-0.15, -0.1) is 11.0 Å². The number of halogens is 1. The Morgan fingerprint density at radius 2 is 1.82 bits per heavy atom. The van der Waals surface area contributed by atoms with Gasteiger partial charge in [0, 0.05) is 17.1 Å². The monoisotopic (exact) mass is 568 g/mol. The van der Waals surface area contributed by atoms with Gasteiger partial charge in [-0.2, -0.15) is 8.42 Å². The molecule has 1 amide bonds. The summed E-state index contributed by atoms with van der Waals surface area (Å²) < 4.78 is 41.2. The molecule has 0 saturated carbocycles. The number of thioether (sulfide) groups is 1. The molecular formula is C28H25ClN2O5S2. The van der Waals surface area contributed by atoms with E-state index in [1.165, 1.54) is 30.2 Å². The number of benzene rings is 3. The molecule has 1 aliphatic heterocycles. The Labute approximate surface area is 231 Å². The minimum Gasteiger partial charge on any atom is -0.493 e. The van der Waals surface area contributed by atoms with Crippen molar-refractivity contribution in [2.24, 2.45) is 4.40 Å². The fraction of sp³-hybridized carbons (Fsp3) is 0.143. The minimum absolute atomic E-state index is 0.0510. The number of rotatable bonds is 9. The molecule has 1 fully saturated rings. The number of ether oxygens (including phenoxy) is 2. The normalized spacial score (nSPS) is 15.8. The summed E-state index contributed by atoms with van der Waals surface area (Å²) in [4.78, 5) is 14.8. The molecule has 3 aromatic carbocycles. The van der Waals surface area contributed by atoms with Gasteiger partial charge in [0.15, 0.2) is 16.7 Å². The van der Waals surface area contributed by atoms with Crippen LogP contribution in [0.5, 0.6) is 11.5 Å². The van der Waals surface area contributed by atoms with Crippen LogP contribution >= 0.6 is 23.4 Å². The Kier molecular flexibility index (Phi) is 8.61. The maximum Gasteiger partial charge on any atom is 0.284 e. The summed E-state index contributed by atoms with van der Waals surface area (Å²) in [6, 6.07) is 19.0. The SMILES string of the molecule is C=CCN1C(=O)C(=Cc2ccc(OC)c(OCc3ccccc3Cl)c2)SC1=NS(=O)(=O)c1ccc(C)cc1. The maximum atomic E-state index is 13.2. The van der Waals surface area contributed by atoms with Crippen LogP contribution in [0.2, 0.25) is 5.02 Å². The number of hydrogen-bond donors (Lipinski definition) is 0. The van der Waals surface area contributed by atoms with E-state index in [4.69, 9.17) is 21.1 Å². The van der Waals surface area contributed by atoms with Crippen molar-refractivity contribution in [2.45, 2.75) is 18.4 Å². The van der Waals surface area contributed by atoms with Gasteiger partial charge < -0.3 is 9.47 Å². The molecule has 10 heteroatoms. The highest BCUT2D eigenvalue weighted by atomic mass is 35.5. The summed E-state index contributed by atoms with van der Waals surface area (Å²) >= 11 is 7.23. The van der Waals surface area contributed by atoms with E-state index >= 15 is 0 Å². The first-order chi connectivity index (χ1) is 18.2. The van der Waals surface area contributed by atoms with E-state index < -0.39 is 10.0 Å². The fourth-order valence-electron chi connectivity index (χ4n) is 3.55. The van der Waals surface area contributed by atoms with Gasteiger partial charge in [-0.3, -0.25) is 9.69 Å². The first-order valence-corrected chi connectivity index (χ1v) is 14.1. The summed E-state index contributed by atoms with van der Waals surface area (Å²) in [7, 11) is -2.48. The van der Waals surface area contributed by atoms with Gasteiger partial charge >= 0.3 is 0 Å². The van der Waals surface area contributed by atoms with E-state index in [0.29, 0.717) is 27.0 Å². The van der Waals surface area contributed by atoms with Crippen LogP contribution in [0.25, 0.3) is 6.08 Å².